The maximum absolute atomic E-state index is 12.3. The Balaban J connectivity index is 1.46. The van der Waals surface area contributed by atoms with Crippen LogP contribution in [0.1, 0.15) is 28.8 Å². The van der Waals surface area contributed by atoms with Crippen LogP contribution in [0.2, 0.25) is 0 Å². The van der Waals surface area contributed by atoms with Crippen molar-refractivity contribution in [3.8, 4) is 0 Å². The summed E-state index contributed by atoms with van der Waals surface area (Å²) in [6.45, 7) is 1.26. The number of hydrogen-bond donors (Lipinski definition) is 1. The zero-order valence-electron chi connectivity index (χ0n) is 15.7. The van der Waals surface area contributed by atoms with Crippen LogP contribution in [0, 0.1) is 0 Å². The number of anilines is 1. The molecule has 1 saturated heterocycles. The normalized spacial score (nSPS) is 15.1. The molecule has 142 valence electrons. The summed E-state index contributed by atoms with van der Waals surface area (Å²) in [5.74, 6) is -0.124. The molecule has 3 rings (SSSR count). The van der Waals surface area contributed by atoms with Gasteiger partial charge in [0.05, 0.1) is 11.8 Å². The molecule has 0 bridgehead atoms. The fourth-order valence-electron chi connectivity index (χ4n) is 3.10. The third kappa shape index (κ3) is 5.00. The third-order valence-corrected chi connectivity index (χ3v) is 4.73. The van der Waals surface area contributed by atoms with Gasteiger partial charge in [0.1, 0.15) is 6.26 Å². The van der Waals surface area contributed by atoms with Crippen molar-refractivity contribution >= 4 is 23.6 Å². The SMILES string of the molecule is CN(C)c1ccc(/C=C/C(=O)NC2CCN(C(=O)c3ccoc3)CC2)cc1. The summed E-state index contributed by atoms with van der Waals surface area (Å²) < 4.78 is 4.97. The van der Waals surface area contributed by atoms with Crippen LogP contribution in [0.25, 0.3) is 6.08 Å². The summed E-state index contributed by atoms with van der Waals surface area (Å²) in [4.78, 5) is 28.3. The Morgan fingerprint density at radius 3 is 2.44 bits per heavy atom. The molecular weight excluding hydrogens is 342 g/mol. The highest BCUT2D eigenvalue weighted by atomic mass is 16.3. The van der Waals surface area contributed by atoms with Crippen molar-refractivity contribution in [1.82, 2.24) is 10.2 Å². The van der Waals surface area contributed by atoms with Gasteiger partial charge in [0.25, 0.3) is 5.91 Å². The second-order valence-corrected chi connectivity index (χ2v) is 6.91. The number of hydrogen-bond acceptors (Lipinski definition) is 4. The van der Waals surface area contributed by atoms with Gasteiger partial charge in [-0.25, -0.2) is 0 Å². The molecule has 2 aromatic rings. The first-order chi connectivity index (χ1) is 13.0. The Labute approximate surface area is 159 Å². The highest BCUT2D eigenvalue weighted by Gasteiger charge is 2.24. The molecule has 1 N–H and O–H groups in total. The summed E-state index contributed by atoms with van der Waals surface area (Å²) in [7, 11) is 3.98. The molecule has 1 aliphatic rings. The Hall–Kier alpha value is -3.02. The molecule has 1 aromatic heterocycles. The van der Waals surface area contributed by atoms with E-state index in [1.165, 1.54) is 12.5 Å². The number of rotatable bonds is 5. The van der Waals surface area contributed by atoms with Gasteiger partial charge in [-0.1, -0.05) is 12.1 Å². The Kier molecular flexibility index (Phi) is 5.96. The van der Waals surface area contributed by atoms with E-state index in [0.29, 0.717) is 18.7 Å². The zero-order chi connectivity index (χ0) is 19.2. The lowest BCUT2D eigenvalue weighted by Crippen LogP contribution is -2.46. The molecule has 1 aromatic carbocycles. The minimum atomic E-state index is -0.105. The first-order valence-corrected chi connectivity index (χ1v) is 9.10. The zero-order valence-corrected chi connectivity index (χ0v) is 15.7. The lowest BCUT2D eigenvalue weighted by Gasteiger charge is -2.32. The average molecular weight is 367 g/mol. The lowest BCUT2D eigenvalue weighted by molar-refractivity contribution is -0.117. The molecule has 0 aliphatic carbocycles. The van der Waals surface area contributed by atoms with Crippen molar-refractivity contribution in [3.63, 3.8) is 0 Å². The van der Waals surface area contributed by atoms with Gasteiger partial charge in [-0.3, -0.25) is 9.59 Å². The second kappa shape index (κ2) is 8.58. The van der Waals surface area contributed by atoms with E-state index in [-0.39, 0.29) is 17.9 Å². The van der Waals surface area contributed by atoms with Gasteiger partial charge in [0.2, 0.25) is 5.91 Å². The highest BCUT2D eigenvalue weighted by molar-refractivity contribution is 5.94. The Morgan fingerprint density at radius 1 is 1.15 bits per heavy atom. The van der Waals surface area contributed by atoms with E-state index in [1.807, 2.05) is 49.3 Å². The van der Waals surface area contributed by atoms with E-state index in [0.717, 1.165) is 24.1 Å². The fourth-order valence-corrected chi connectivity index (χ4v) is 3.10. The summed E-state index contributed by atoms with van der Waals surface area (Å²) in [5.41, 5.74) is 2.67. The maximum Gasteiger partial charge on any atom is 0.257 e. The molecule has 0 radical (unpaired) electrons. The molecule has 2 amide bonds. The molecular formula is C21H25N3O3. The van der Waals surface area contributed by atoms with E-state index in [4.69, 9.17) is 4.42 Å². The predicted octanol–water partition coefficient (Wildman–Crippen LogP) is 2.78. The summed E-state index contributed by atoms with van der Waals surface area (Å²) in [6.07, 6.45) is 7.84. The fraction of sp³-hybridized carbons (Fsp3) is 0.333. The number of furan rings is 1. The highest BCUT2D eigenvalue weighted by Crippen LogP contribution is 2.15. The van der Waals surface area contributed by atoms with E-state index < -0.39 is 0 Å². The van der Waals surface area contributed by atoms with Gasteiger partial charge in [-0.05, 0) is 42.7 Å². The van der Waals surface area contributed by atoms with E-state index in [2.05, 4.69) is 5.32 Å². The van der Waals surface area contributed by atoms with Gasteiger partial charge in [-0.15, -0.1) is 0 Å². The predicted molar refractivity (Wildman–Crippen MR) is 106 cm³/mol. The maximum atomic E-state index is 12.3. The third-order valence-electron chi connectivity index (χ3n) is 4.73. The largest absolute Gasteiger partial charge is 0.472 e. The number of carbonyl (C=O) groups is 2. The lowest BCUT2D eigenvalue weighted by atomic mass is 10.0. The van der Waals surface area contributed by atoms with Crippen LogP contribution in [-0.2, 0) is 4.79 Å². The molecule has 1 aliphatic heterocycles. The van der Waals surface area contributed by atoms with Crippen LogP contribution in [0.5, 0.6) is 0 Å². The van der Waals surface area contributed by atoms with E-state index >= 15 is 0 Å². The standard InChI is InChI=1S/C21H25N3O3/c1-23(2)19-6-3-16(4-7-19)5-8-20(25)22-18-9-12-24(13-10-18)21(26)17-11-14-27-15-17/h3-8,11,14-15,18H,9-10,12-13H2,1-2H3,(H,22,25)/b8-5+. The molecule has 27 heavy (non-hydrogen) atoms. The molecule has 0 unspecified atom stereocenters. The van der Waals surface area contributed by atoms with E-state index in [9.17, 15) is 9.59 Å². The number of piperidine rings is 1. The molecule has 0 spiro atoms. The minimum Gasteiger partial charge on any atom is -0.472 e. The molecule has 1 fully saturated rings. The number of likely N-dealkylation sites (tertiary alicyclic amines) is 1. The number of carbonyl (C=O) groups excluding carboxylic acids is 2. The molecule has 0 atom stereocenters. The van der Waals surface area contributed by atoms with Crippen LogP contribution in [0.3, 0.4) is 0 Å². The smallest absolute Gasteiger partial charge is 0.257 e. The Bertz CT molecular complexity index is 787. The first kappa shape index (κ1) is 18.8. The van der Waals surface area contributed by atoms with Crippen LogP contribution in [0.4, 0.5) is 5.69 Å². The number of nitrogens with zero attached hydrogens (tertiary/aromatic N) is 2. The summed E-state index contributed by atoms with van der Waals surface area (Å²) in [6, 6.07) is 9.77. The summed E-state index contributed by atoms with van der Waals surface area (Å²) >= 11 is 0. The van der Waals surface area contributed by atoms with Crippen LogP contribution in [-0.4, -0.2) is 49.9 Å². The van der Waals surface area contributed by atoms with Gasteiger partial charge in [-0.2, -0.15) is 0 Å². The van der Waals surface area contributed by atoms with Crippen LogP contribution in [0.15, 0.2) is 53.4 Å². The van der Waals surface area contributed by atoms with Crippen LogP contribution >= 0.6 is 0 Å². The number of benzene rings is 1. The monoisotopic (exact) mass is 367 g/mol. The molecule has 6 nitrogen and oxygen atoms in total. The number of nitrogens with one attached hydrogen (secondary N) is 1. The van der Waals surface area contributed by atoms with Crippen molar-refractivity contribution in [2.45, 2.75) is 18.9 Å². The number of amides is 2. The van der Waals surface area contributed by atoms with Crippen molar-refractivity contribution in [3.05, 3.63) is 60.1 Å². The topological polar surface area (TPSA) is 65.8 Å². The van der Waals surface area contributed by atoms with Crippen molar-refractivity contribution < 1.29 is 14.0 Å². The second-order valence-electron chi connectivity index (χ2n) is 6.91. The molecule has 2 heterocycles. The van der Waals surface area contributed by atoms with Gasteiger partial charge in [0, 0.05) is 45.0 Å². The van der Waals surface area contributed by atoms with Crippen molar-refractivity contribution in [2.75, 3.05) is 32.1 Å². The van der Waals surface area contributed by atoms with Crippen molar-refractivity contribution in [2.24, 2.45) is 0 Å². The summed E-state index contributed by atoms with van der Waals surface area (Å²) in [5, 5.41) is 3.02. The average Bonchev–Trinajstić information content (AvgIpc) is 3.21. The molecule has 6 heteroatoms. The van der Waals surface area contributed by atoms with E-state index in [1.54, 1.807) is 17.0 Å². The van der Waals surface area contributed by atoms with Gasteiger partial charge < -0.3 is 19.5 Å². The van der Waals surface area contributed by atoms with Gasteiger partial charge >= 0.3 is 0 Å². The minimum absolute atomic E-state index is 0.0189. The quantitative estimate of drug-likeness (QED) is 0.826. The first-order valence-electron chi connectivity index (χ1n) is 9.10. The Morgan fingerprint density at radius 2 is 1.85 bits per heavy atom. The van der Waals surface area contributed by atoms with Crippen molar-refractivity contribution in [1.29, 1.82) is 0 Å². The molecule has 0 saturated carbocycles. The van der Waals surface area contributed by atoms with Crippen LogP contribution < -0.4 is 10.2 Å². The van der Waals surface area contributed by atoms with Gasteiger partial charge in [0.15, 0.2) is 0 Å².